The SMILES string of the molecule is CC(C)Oc1cccc(OC(C)C)c1C1=CC=CC2=CN(c3c(C(C)C)cccc3C(C)C)[CH-]N21.[Cl][Au]. The molecule has 0 aliphatic carbocycles. The molecule has 0 saturated carbocycles. The zero-order valence-electron chi connectivity index (χ0n) is 23.1. The molecule has 0 spiro atoms. The molecule has 2 aromatic rings. The van der Waals surface area contributed by atoms with E-state index < -0.39 is 0 Å². The second-order valence-corrected chi connectivity index (χ2v) is 10.4. The fourth-order valence-electron chi connectivity index (χ4n) is 4.68. The van der Waals surface area contributed by atoms with Crippen LogP contribution >= 0.6 is 9.19 Å². The molecule has 6 heteroatoms. The zero-order chi connectivity index (χ0) is 27.3. The molecule has 4 nitrogen and oxygen atoms in total. The summed E-state index contributed by atoms with van der Waals surface area (Å²) in [5.74, 6) is 2.50. The van der Waals surface area contributed by atoms with E-state index in [9.17, 15) is 0 Å². The first kappa shape index (κ1) is 29.4. The van der Waals surface area contributed by atoms with Gasteiger partial charge < -0.3 is 19.3 Å². The van der Waals surface area contributed by atoms with Crippen LogP contribution in [-0.2, 0) is 20.0 Å². The quantitative estimate of drug-likeness (QED) is 0.203. The summed E-state index contributed by atoms with van der Waals surface area (Å²) in [7, 11) is 4.58. The van der Waals surface area contributed by atoms with Crippen molar-refractivity contribution in [1.29, 1.82) is 0 Å². The van der Waals surface area contributed by atoms with E-state index in [0.717, 1.165) is 28.5 Å². The first-order valence-electron chi connectivity index (χ1n) is 12.9. The van der Waals surface area contributed by atoms with Crippen molar-refractivity contribution in [3.8, 4) is 11.5 Å². The number of hydrogen-bond donors (Lipinski definition) is 0. The van der Waals surface area contributed by atoms with E-state index in [2.05, 4.69) is 124 Å². The summed E-state index contributed by atoms with van der Waals surface area (Å²) in [5, 5.41) is 0. The van der Waals surface area contributed by atoms with Crippen LogP contribution in [0.15, 0.2) is 66.5 Å². The standard InChI is InChI=1S/C31H39N2O2.Au.ClH/c1-20(2)25-13-10-14-26(21(3)4)31(25)32-18-24-12-9-15-27(33(24)19-32)30-28(34-22(5)6)16-11-17-29(30)35-23(7)8;;/h9-23H,1-8H3;;1H/q-1;+1;/p-1. The minimum absolute atomic E-state index is 0.0587. The third kappa shape index (κ3) is 6.67. The van der Waals surface area contributed by atoms with Crippen LogP contribution in [0, 0.1) is 6.67 Å². The first-order chi connectivity index (χ1) is 17.7. The Labute approximate surface area is 239 Å². The number of para-hydroxylation sites is 1. The zero-order valence-corrected chi connectivity index (χ0v) is 26.0. The molecule has 0 bridgehead atoms. The van der Waals surface area contributed by atoms with E-state index in [1.807, 2.05) is 18.2 Å². The summed E-state index contributed by atoms with van der Waals surface area (Å²) in [5.41, 5.74) is 7.12. The maximum atomic E-state index is 6.26. The van der Waals surface area contributed by atoms with Crippen LogP contribution in [-0.4, -0.2) is 17.1 Å². The molecule has 0 atom stereocenters. The van der Waals surface area contributed by atoms with E-state index in [0.29, 0.717) is 11.8 Å². The molecule has 4 rings (SSSR count). The number of ether oxygens (including phenoxy) is 2. The summed E-state index contributed by atoms with van der Waals surface area (Å²) >= 11 is 1.75. The third-order valence-electron chi connectivity index (χ3n) is 6.14. The number of nitrogens with zero attached hydrogens (tertiary/aromatic N) is 2. The summed E-state index contributed by atoms with van der Waals surface area (Å²) in [6.45, 7) is 19.5. The molecular weight excluding hydrogens is 665 g/mol. The van der Waals surface area contributed by atoms with Gasteiger partial charge in [-0.05, 0) is 81.1 Å². The van der Waals surface area contributed by atoms with Crippen LogP contribution in [0.4, 0.5) is 5.69 Å². The van der Waals surface area contributed by atoms with E-state index in [1.165, 1.54) is 16.8 Å². The van der Waals surface area contributed by atoms with Crippen LogP contribution in [0.25, 0.3) is 5.70 Å². The summed E-state index contributed by atoms with van der Waals surface area (Å²) < 4.78 is 12.5. The van der Waals surface area contributed by atoms with Crippen molar-refractivity contribution in [3.63, 3.8) is 0 Å². The van der Waals surface area contributed by atoms with Gasteiger partial charge in [0.25, 0.3) is 0 Å². The molecule has 0 saturated heterocycles. The Morgan fingerprint density at radius 3 is 1.78 bits per heavy atom. The van der Waals surface area contributed by atoms with E-state index in [-0.39, 0.29) is 12.2 Å². The molecule has 204 valence electrons. The molecule has 0 radical (unpaired) electrons. The van der Waals surface area contributed by atoms with Crippen molar-refractivity contribution >= 4 is 20.6 Å². The average Bonchev–Trinajstić information content (AvgIpc) is 3.29. The maximum absolute atomic E-state index is 6.26. The molecule has 0 amide bonds. The van der Waals surface area contributed by atoms with Crippen molar-refractivity contribution in [2.45, 2.75) is 79.4 Å². The van der Waals surface area contributed by atoms with Gasteiger partial charge in [-0.25, -0.2) is 0 Å². The first-order valence-corrected chi connectivity index (χ1v) is 15.6. The predicted octanol–water partition coefficient (Wildman–Crippen LogP) is 8.89. The number of benzene rings is 2. The Bertz CT molecular complexity index is 1110. The Kier molecular flexibility index (Phi) is 10.4. The average molecular weight is 704 g/mol. The minimum atomic E-state index is 0.0587. The van der Waals surface area contributed by atoms with Crippen molar-refractivity contribution in [1.82, 2.24) is 4.90 Å². The van der Waals surface area contributed by atoms with Gasteiger partial charge in [-0.15, -0.1) is 6.67 Å². The van der Waals surface area contributed by atoms with Crippen LogP contribution in [0.5, 0.6) is 11.5 Å². The van der Waals surface area contributed by atoms with Crippen molar-refractivity contribution in [2.24, 2.45) is 0 Å². The molecule has 2 aromatic carbocycles. The number of halogens is 1. The second kappa shape index (κ2) is 13.1. The van der Waals surface area contributed by atoms with Crippen LogP contribution in [0.3, 0.4) is 0 Å². The van der Waals surface area contributed by atoms with Gasteiger partial charge in [-0.1, -0.05) is 58.0 Å². The number of anilines is 1. The number of allylic oxidation sites excluding steroid dienone is 3. The van der Waals surface area contributed by atoms with Crippen LogP contribution in [0.2, 0.25) is 0 Å². The Balaban J connectivity index is 0.00000186. The molecule has 37 heavy (non-hydrogen) atoms. The Hall–Kier alpha value is -2.11. The van der Waals surface area contributed by atoms with Gasteiger partial charge in [0, 0.05) is 17.1 Å². The summed E-state index contributed by atoms with van der Waals surface area (Å²) in [4.78, 5) is 4.54. The molecule has 2 heterocycles. The van der Waals surface area contributed by atoms with Crippen molar-refractivity contribution < 1.29 is 29.5 Å². The molecule has 0 unspecified atom stereocenters. The van der Waals surface area contributed by atoms with Gasteiger partial charge in [0.05, 0.1) is 17.8 Å². The van der Waals surface area contributed by atoms with Gasteiger partial charge in [-0.2, -0.15) is 0 Å². The van der Waals surface area contributed by atoms with Crippen molar-refractivity contribution in [3.05, 3.63) is 89.9 Å². The topological polar surface area (TPSA) is 24.9 Å². The van der Waals surface area contributed by atoms with Gasteiger partial charge in [0.2, 0.25) is 0 Å². The molecule has 2 aliphatic heterocycles. The van der Waals surface area contributed by atoms with Gasteiger partial charge >= 0.3 is 29.2 Å². The Morgan fingerprint density at radius 1 is 0.784 bits per heavy atom. The second-order valence-electron chi connectivity index (χ2n) is 10.4. The molecular formula is C31H39AuClN2O2-. The van der Waals surface area contributed by atoms with Crippen molar-refractivity contribution in [2.75, 3.05) is 4.90 Å². The summed E-state index contributed by atoms with van der Waals surface area (Å²) in [6.07, 6.45) is 8.75. The van der Waals surface area contributed by atoms with E-state index >= 15 is 0 Å². The molecule has 0 fully saturated rings. The third-order valence-corrected chi connectivity index (χ3v) is 6.14. The molecule has 0 aromatic heterocycles. The Morgan fingerprint density at radius 2 is 1.30 bits per heavy atom. The number of hydrogen-bond acceptors (Lipinski definition) is 4. The van der Waals surface area contributed by atoms with Gasteiger partial charge in [0.15, 0.2) is 0 Å². The van der Waals surface area contributed by atoms with Crippen LogP contribution in [0.1, 0.15) is 83.9 Å². The normalized spacial score (nSPS) is 14.7. The van der Waals surface area contributed by atoms with E-state index in [4.69, 9.17) is 9.47 Å². The van der Waals surface area contributed by atoms with Crippen LogP contribution < -0.4 is 14.4 Å². The summed E-state index contributed by atoms with van der Waals surface area (Å²) in [6, 6.07) is 12.8. The van der Waals surface area contributed by atoms with Gasteiger partial charge in [0.1, 0.15) is 11.5 Å². The van der Waals surface area contributed by atoms with E-state index in [1.54, 1.807) is 20.0 Å². The van der Waals surface area contributed by atoms with Gasteiger partial charge in [-0.3, -0.25) is 0 Å². The number of fused-ring (bicyclic) bond motifs is 1. The number of rotatable bonds is 8. The fourth-order valence-corrected chi connectivity index (χ4v) is 4.68. The molecule has 0 N–H and O–H groups in total. The predicted molar refractivity (Wildman–Crippen MR) is 152 cm³/mol. The monoisotopic (exact) mass is 703 g/mol. The fraction of sp³-hybridized carbons (Fsp3) is 0.387. The molecule has 2 aliphatic rings.